The van der Waals surface area contributed by atoms with Gasteiger partial charge in [0.05, 0.1) is 12.8 Å². The highest BCUT2D eigenvalue weighted by molar-refractivity contribution is 5.70. The van der Waals surface area contributed by atoms with Gasteiger partial charge in [-0.1, -0.05) is 19.9 Å². The molecule has 0 spiro atoms. The lowest BCUT2D eigenvalue weighted by atomic mass is 9.99. The summed E-state index contributed by atoms with van der Waals surface area (Å²) in [5.41, 5.74) is 6.98. The van der Waals surface area contributed by atoms with Gasteiger partial charge < -0.3 is 9.64 Å². The van der Waals surface area contributed by atoms with Crippen LogP contribution in [0.4, 0.5) is 0 Å². The minimum absolute atomic E-state index is 0.0473. The molecule has 0 saturated carbocycles. The molecular formula is C25H29N3O2. The second-order valence-corrected chi connectivity index (χ2v) is 7.90. The minimum atomic E-state index is -0.0473. The molecule has 156 valence electrons. The Morgan fingerprint density at radius 1 is 1.07 bits per heavy atom. The van der Waals surface area contributed by atoms with Crippen LogP contribution in [0, 0.1) is 0 Å². The fraction of sp³-hybridized carbons (Fsp3) is 0.360. The first-order valence-corrected chi connectivity index (χ1v) is 10.7. The van der Waals surface area contributed by atoms with Crippen LogP contribution in [0.3, 0.4) is 0 Å². The van der Waals surface area contributed by atoms with Crippen molar-refractivity contribution in [3.8, 4) is 17.0 Å². The maximum absolute atomic E-state index is 13.1. The van der Waals surface area contributed by atoms with E-state index in [4.69, 9.17) is 9.72 Å². The fourth-order valence-electron chi connectivity index (χ4n) is 4.10. The van der Waals surface area contributed by atoms with Gasteiger partial charge in [0.2, 0.25) is 0 Å². The number of methoxy groups -OCH3 is 1. The van der Waals surface area contributed by atoms with Gasteiger partial charge >= 0.3 is 0 Å². The van der Waals surface area contributed by atoms with E-state index in [0.717, 1.165) is 66.0 Å². The molecule has 1 aliphatic heterocycles. The topological polar surface area (TPSA) is 46.8 Å². The van der Waals surface area contributed by atoms with E-state index < -0.39 is 0 Å². The summed E-state index contributed by atoms with van der Waals surface area (Å²) < 4.78 is 7.15. The average molecular weight is 404 g/mol. The SMILES string of the molecule is CCc1cc(-c2cc(=O)n3cc(C4=CCN(C)CC4)cc(CC)c3n2)ccc1OC. The van der Waals surface area contributed by atoms with Gasteiger partial charge in [0.1, 0.15) is 11.4 Å². The monoisotopic (exact) mass is 403 g/mol. The molecule has 0 unspecified atom stereocenters. The molecule has 0 saturated heterocycles. The highest BCUT2D eigenvalue weighted by Gasteiger charge is 2.15. The number of aromatic nitrogens is 2. The molecule has 2 aromatic heterocycles. The quantitative estimate of drug-likeness (QED) is 0.640. The molecular weight excluding hydrogens is 374 g/mol. The average Bonchev–Trinajstić information content (AvgIpc) is 2.78. The summed E-state index contributed by atoms with van der Waals surface area (Å²) in [6.07, 6.45) is 6.90. The van der Waals surface area contributed by atoms with Gasteiger partial charge in [-0.15, -0.1) is 0 Å². The molecule has 30 heavy (non-hydrogen) atoms. The van der Waals surface area contributed by atoms with E-state index in [-0.39, 0.29) is 5.56 Å². The Hall–Kier alpha value is -2.92. The lowest BCUT2D eigenvalue weighted by Crippen LogP contribution is -2.24. The zero-order valence-corrected chi connectivity index (χ0v) is 18.2. The Bertz CT molecular complexity index is 1180. The van der Waals surface area contributed by atoms with E-state index in [1.807, 2.05) is 18.3 Å². The van der Waals surface area contributed by atoms with E-state index >= 15 is 0 Å². The summed E-state index contributed by atoms with van der Waals surface area (Å²) >= 11 is 0. The van der Waals surface area contributed by atoms with Crippen molar-refractivity contribution in [2.24, 2.45) is 0 Å². The van der Waals surface area contributed by atoms with Crippen LogP contribution in [0.15, 0.2) is 47.4 Å². The summed E-state index contributed by atoms with van der Waals surface area (Å²) in [5, 5.41) is 0. The van der Waals surface area contributed by atoms with Gasteiger partial charge in [-0.3, -0.25) is 9.20 Å². The predicted octanol–water partition coefficient (Wildman–Crippen LogP) is 4.21. The molecule has 4 rings (SSSR count). The lowest BCUT2D eigenvalue weighted by Gasteiger charge is -2.22. The Morgan fingerprint density at radius 2 is 1.83 bits per heavy atom. The van der Waals surface area contributed by atoms with Gasteiger partial charge in [-0.2, -0.15) is 0 Å². The highest BCUT2D eigenvalue weighted by atomic mass is 16.5. The number of fused-ring (bicyclic) bond motifs is 1. The third-order valence-electron chi connectivity index (χ3n) is 5.96. The molecule has 1 aromatic carbocycles. The van der Waals surface area contributed by atoms with E-state index in [0.29, 0.717) is 5.69 Å². The number of likely N-dealkylation sites (N-methyl/N-ethyl adjacent to an activating group) is 1. The Kier molecular flexibility index (Phi) is 5.73. The zero-order valence-electron chi connectivity index (χ0n) is 18.2. The number of hydrogen-bond acceptors (Lipinski definition) is 4. The standard InChI is InChI=1S/C25H29N3O2/c1-5-17-13-20(7-8-23(17)30-4)22-15-24(29)28-16-21(14-18(6-2)25(28)26-22)19-9-11-27(3)12-10-19/h7-9,13-16H,5-6,10-12H2,1-4H3. The summed E-state index contributed by atoms with van der Waals surface area (Å²) in [7, 11) is 3.81. The van der Waals surface area contributed by atoms with Crippen LogP contribution >= 0.6 is 0 Å². The molecule has 0 fully saturated rings. The van der Waals surface area contributed by atoms with Crippen molar-refractivity contribution in [2.75, 3.05) is 27.2 Å². The molecule has 0 radical (unpaired) electrons. The van der Waals surface area contributed by atoms with Crippen molar-refractivity contribution < 1.29 is 4.74 Å². The molecule has 0 N–H and O–H groups in total. The summed E-state index contributed by atoms with van der Waals surface area (Å²) in [6.45, 7) is 6.19. The maximum Gasteiger partial charge on any atom is 0.258 e. The first kappa shape index (κ1) is 20.4. The molecule has 1 aliphatic rings. The van der Waals surface area contributed by atoms with Crippen molar-refractivity contribution in [1.29, 1.82) is 0 Å². The number of aryl methyl sites for hydroxylation is 2. The summed E-state index contributed by atoms with van der Waals surface area (Å²) in [6, 6.07) is 9.84. The summed E-state index contributed by atoms with van der Waals surface area (Å²) in [4.78, 5) is 20.3. The predicted molar refractivity (Wildman–Crippen MR) is 122 cm³/mol. The van der Waals surface area contributed by atoms with Gasteiger partial charge in [-0.05, 0) is 72.8 Å². The Labute approximate surface area is 177 Å². The molecule has 0 atom stereocenters. The van der Waals surface area contributed by atoms with Crippen molar-refractivity contribution in [3.05, 3.63) is 69.6 Å². The number of rotatable bonds is 5. The van der Waals surface area contributed by atoms with Crippen LogP contribution < -0.4 is 10.3 Å². The van der Waals surface area contributed by atoms with Crippen LogP contribution in [0.1, 0.15) is 37.0 Å². The van der Waals surface area contributed by atoms with E-state index in [1.54, 1.807) is 17.6 Å². The molecule has 3 heterocycles. The summed E-state index contributed by atoms with van der Waals surface area (Å²) in [5.74, 6) is 0.865. The lowest BCUT2D eigenvalue weighted by molar-refractivity contribution is 0.370. The van der Waals surface area contributed by atoms with E-state index in [1.165, 1.54) is 5.57 Å². The minimum Gasteiger partial charge on any atom is -0.496 e. The number of ether oxygens (including phenoxy) is 1. The molecule has 0 aliphatic carbocycles. The zero-order chi connectivity index (χ0) is 21.3. The van der Waals surface area contributed by atoms with Crippen molar-refractivity contribution >= 4 is 11.2 Å². The number of pyridine rings is 1. The van der Waals surface area contributed by atoms with Gasteiger partial charge in [-0.25, -0.2) is 4.98 Å². The normalized spacial score (nSPS) is 14.7. The van der Waals surface area contributed by atoms with Crippen molar-refractivity contribution in [2.45, 2.75) is 33.1 Å². The smallest absolute Gasteiger partial charge is 0.258 e. The molecule has 0 amide bonds. The van der Waals surface area contributed by atoms with Crippen LogP contribution in [0.5, 0.6) is 5.75 Å². The number of hydrogen-bond donors (Lipinski definition) is 0. The second kappa shape index (κ2) is 8.44. The first-order chi connectivity index (χ1) is 14.5. The number of benzene rings is 1. The van der Waals surface area contributed by atoms with Gasteiger partial charge in [0, 0.05) is 30.9 Å². The van der Waals surface area contributed by atoms with E-state index in [2.05, 4.69) is 44.0 Å². The fourth-order valence-corrected chi connectivity index (χ4v) is 4.10. The van der Waals surface area contributed by atoms with Crippen LogP contribution in [0.2, 0.25) is 0 Å². The number of nitrogens with zero attached hydrogens (tertiary/aromatic N) is 3. The van der Waals surface area contributed by atoms with Gasteiger partial charge in [0.25, 0.3) is 5.56 Å². The van der Waals surface area contributed by atoms with Crippen LogP contribution in [-0.4, -0.2) is 41.5 Å². The first-order valence-electron chi connectivity index (χ1n) is 10.7. The van der Waals surface area contributed by atoms with Crippen molar-refractivity contribution in [1.82, 2.24) is 14.3 Å². The Morgan fingerprint density at radius 3 is 2.50 bits per heavy atom. The molecule has 0 bridgehead atoms. The third-order valence-corrected chi connectivity index (χ3v) is 5.96. The molecule has 3 aromatic rings. The largest absolute Gasteiger partial charge is 0.496 e. The van der Waals surface area contributed by atoms with Crippen LogP contribution in [-0.2, 0) is 12.8 Å². The molecule has 5 heteroatoms. The Balaban J connectivity index is 1.85. The van der Waals surface area contributed by atoms with Crippen molar-refractivity contribution in [3.63, 3.8) is 0 Å². The second-order valence-electron chi connectivity index (χ2n) is 7.90. The third kappa shape index (κ3) is 3.77. The highest BCUT2D eigenvalue weighted by Crippen LogP contribution is 2.28. The maximum atomic E-state index is 13.1. The van der Waals surface area contributed by atoms with Gasteiger partial charge in [0.15, 0.2) is 0 Å². The van der Waals surface area contributed by atoms with E-state index in [9.17, 15) is 4.79 Å². The van der Waals surface area contributed by atoms with Crippen LogP contribution in [0.25, 0.3) is 22.5 Å². The molecule has 5 nitrogen and oxygen atoms in total.